The number of nitrogens with one attached hydrogen (secondary N) is 3. The van der Waals surface area contributed by atoms with Crippen LogP contribution in [0.25, 0.3) is 11.4 Å². The highest BCUT2D eigenvalue weighted by atomic mass is 16.1. The van der Waals surface area contributed by atoms with E-state index < -0.39 is 0 Å². The summed E-state index contributed by atoms with van der Waals surface area (Å²) in [6, 6.07) is 7.75. The Bertz CT molecular complexity index is 586. The molecule has 1 aromatic carbocycles. The van der Waals surface area contributed by atoms with Gasteiger partial charge in [0.05, 0.1) is 0 Å². The summed E-state index contributed by atoms with van der Waals surface area (Å²) in [4.78, 5) is 19.3. The molecule has 0 radical (unpaired) electrons. The molecule has 2 aromatic rings. The van der Waals surface area contributed by atoms with Crippen molar-refractivity contribution in [3.8, 4) is 11.4 Å². The quantitative estimate of drug-likeness (QED) is 0.795. The molecule has 0 atom stereocenters. The molecule has 1 saturated heterocycles. The van der Waals surface area contributed by atoms with E-state index in [1.165, 1.54) is 12.8 Å². The zero-order chi connectivity index (χ0) is 15.2. The van der Waals surface area contributed by atoms with Gasteiger partial charge in [-0.05, 0) is 62.5 Å². The first-order chi connectivity index (χ1) is 10.8. The van der Waals surface area contributed by atoms with Gasteiger partial charge in [-0.15, -0.1) is 0 Å². The molecule has 0 spiro atoms. The van der Waals surface area contributed by atoms with Crippen LogP contribution in [0.15, 0.2) is 36.7 Å². The summed E-state index contributed by atoms with van der Waals surface area (Å²) < 4.78 is 0. The molecule has 0 unspecified atom stereocenters. The number of nitrogens with zero attached hydrogens (tertiary/aromatic N) is 1. The van der Waals surface area contributed by atoms with Gasteiger partial charge in [0, 0.05) is 30.1 Å². The third-order valence-electron chi connectivity index (χ3n) is 4.18. The summed E-state index contributed by atoms with van der Waals surface area (Å²) >= 11 is 0. The lowest BCUT2D eigenvalue weighted by Gasteiger charge is -2.22. The minimum absolute atomic E-state index is 0.101. The third-order valence-corrected chi connectivity index (χ3v) is 4.18. The fourth-order valence-electron chi connectivity index (χ4n) is 2.86. The van der Waals surface area contributed by atoms with E-state index >= 15 is 0 Å². The second-order valence-corrected chi connectivity index (χ2v) is 5.80. The molecule has 5 heteroatoms. The molecular weight excluding hydrogens is 276 g/mol. The monoisotopic (exact) mass is 298 g/mol. The maximum atomic E-state index is 12.0. The lowest BCUT2D eigenvalue weighted by atomic mass is 9.93. The minimum atomic E-state index is 0.101. The maximum Gasteiger partial charge on any atom is 0.224 e. The molecule has 1 fully saturated rings. The Balaban J connectivity index is 1.48. The number of piperidine rings is 1. The summed E-state index contributed by atoms with van der Waals surface area (Å²) in [5.74, 6) is 1.63. The number of aromatic amines is 1. The molecule has 3 N–H and O–H groups in total. The number of carbonyl (C=O) groups excluding carboxylic acids is 1. The first-order valence-corrected chi connectivity index (χ1v) is 7.91. The molecule has 0 saturated carbocycles. The zero-order valence-electron chi connectivity index (χ0n) is 12.6. The molecule has 1 aromatic heterocycles. The van der Waals surface area contributed by atoms with Gasteiger partial charge in [0.15, 0.2) is 0 Å². The van der Waals surface area contributed by atoms with E-state index in [9.17, 15) is 4.79 Å². The van der Waals surface area contributed by atoms with E-state index in [1.807, 2.05) is 24.3 Å². The fraction of sp³-hybridized carbons (Fsp3) is 0.412. The average molecular weight is 298 g/mol. The van der Waals surface area contributed by atoms with Gasteiger partial charge < -0.3 is 15.6 Å². The molecule has 3 rings (SSSR count). The van der Waals surface area contributed by atoms with Gasteiger partial charge in [0.25, 0.3) is 0 Å². The van der Waals surface area contributed by atoms with E-state index in [1.54, 1.807) is 12.4 Å². The maximum absolute atomic E-state index is 12.0. The highest BCUT2D eigenvalue weighted by Gasteiger charge is 2.14. The number of anilines is 1. The van der Waals surface area contributed by atoms with Crippen LogP contribution in [-0.4, -0.2) is 29.0 Å². The summed E-state index contributed by atoms with van der Waals surface area (Å²) in [6.07, 6.45) is 7.48. The largest absolute Gasteiger partial charge is 0.345 e. The molecule has 0 aliphatic carbocycles. The van der Waals surface area contributed by atoms with Crippen LogP contribution in [0, 0.1) is 5.92 Å². The van der Waals surface area contributed by atoms with Crippen molar-refractivity contribution < 1.29 is 4.79 Å². The summed E-state index contributed by atoms with van der Waals surface area (Å²) in [7, 11) is 0. The fourth-order valence-corrected chi connectivity index (χ4v) is 2.86. The summed E-state index contributed by atoms with van der Waals surface area (Å²) in [5.41, 5.74) is 1.85. The van der Waals surface area contributed by atoms with Gasteiger partial charge in [0.2, 0.25) is 5.91 Å². The topological polar surface area (TPSA) is 69.8 Å². The van der Waals surface area contributed by atoms with Crippen LogP contribution < -0.4 is 10.6 Å². The molecule has 1 amide bonds. The van der Waals surface area contributed by atoms with E-state index in [-0.39, 0.29) is 5.91 Å². The number of benzene rings is 1. The van der Waals surface area contributed by atoms with Crippen molar-refractivity contribution in [1.29, 1.82) is 0 Å². The summed E-state index contributed by atoms with van der Waals surface area (Å²) in [5, 5.41) is 6.32. The number of amides is 1. The van der Waals surface area contributed by atoms with Gasteiger partial charge in [-0.3, -0.25) is 4.79 Å². The lowest BCUT2D eigenvalue weighted by molar-refractivity contribution is -0.116. The molecule has 2 heterocycles. The molecule has 1 aliphatic heterocycles. The first-order valence-electron chi connectivity index (χ1n) is 7.91. The van der Waals surface area contributed by atoms with Crippen molar-refractivity contribution in [2.75, 3.05) is 18.4 Å². The highest BCUT2D eigenvalue weighted by molar-refractivity contribution is 5.90. The van der Waals surface area contributed by atoms with Crippen molar-refractivity contribution in [3.05, 3.63) is 36.7 Å². The van der Waals surface area contributed by atoms with Crippen molar-refractivity contribution >= 4 is 11.6 Å². The second kappa shape index (κ2) is 7.22. The van der Waals surface area contributed by atoms with E-state index in [0.29, 0.717) is 12.3 Å². The Morgan fingerprint density at radius 3 is 2.68 bits per heavy atom. The van der Waals surface area contributed by atoms with Crippen LogP contribution in [0.1, 0.15) is 25.7 Å². The number of hydrogen-bond donors (Lipinski definition) is 3. The van der Waals surface area contributed by atoms with E-state index in [4.69, 9.17) is 0 Å². The number of aromatic nitrogens is 2. The van der Waals surface area contributed by atoms with E-state index in [2.05, 4.69) is 20.6 Å². The molecule has 116 valence electrons. The highest BCUT2D eigenvalue weighted by Crippen LogP contribution is 2.20. The predicted molar refractivity (Wildman–Crippen MR) is 87.5 cm³/mol. The standard InChI is InChI=1S/C17H22N4O/c22-16(6-1-13-7-9-18-10-8-13)21-15-4-2-14(3-5-15)17-19-11-12-20-17/h2-5,11-13,18H,1,6-10H2,(H,19,20)(H,21,22). The Labute approximate surface area is 130 Å². The lowest BCUT2D eigenvalue weighted by Crippen LogP contribution is -2.28. The van der Waals surface area contributed by atoms with Gasteiger partial charge in [0.1, 0.15) is 5.82 Å². The zero-order valence-corrected chi connectivity index (χ0v) is 12.6. The number of imidazole rings is 1. The van der Waals surface area contributed by atoms with Gasteiger partial charge >= 0.3 is 0 Å². The Morgan fingerprint density at radius 2 is 2.00 bits per heavy atom. The van der Waals surface area contributed by atoms with Gasteiger partial charge in [-0.2, -0.15) is 0 Å². The van der Waals surface area contributed by atoms with Crippen LogP contribution >= 0.6 is 0 Å². The second-order valence-electron chi connectivity index (χ2n) is 5.80. The molecule has 1 aliphatic rings. The number of H-pyrrole nitrogens is 1. The van der Waals surface area contributed by atoms with Gasteiger partial charge in [-0.25, -0.2) is 4.98 Å². The third kappa shape index (κ3) is 3.95. The Morgan fingerprint density at radius 1 is 1.23 bits per heavy atom. The first kappa shape index (κ1) is 14.8. The minimum Gasteiger partial charge on any atom is -0.345 e. The van der Waals surface area contributed by atoms with Crippen molar-refractivity contribution in [3.63, 3.8) is 0 Å². The Hall–Kier alpha value is -2.14. The molecule has 5 nitrogen and oxygen atoms in total. The normalized spacial score (nSPS) is 15.6. The van der Waals surface area contributed by atoms with Crippen molar-refractivity contribution in [1.82, 2.24) is 15.3 Å². The van der Waals surface area contributed by atoms with Gasteiger partial charge in [-0.1, -0.05) is 0 Å². The number of carbonyl (C=O) groups is 1. The number of rotatable bonds is 5. The van der Waals surface area contributed by atoms with Crippen molar-refractivity contribution in [2.45, 2.75) is 25.7 Å². The van der Waals surface area contributed by atoms with Crippen LogP contribution in [0.4, 0.5) is 5.69 Å². The van der Waals surface area contributed by atoms with Crippen LogP contribution in [-0.2, 0) is 4.79 Å². The SMILES string of the molecule is O=C(CCC1CCNCC1)Nc1ccc(-c2ncc[nH]2)cc1. The molecular formula is C17H22N4O. The number of hydrogen-bond acceptors (Lipinski definition) is 3. The molecule has 22 heavy (non-hydrogen) atoms. The van der Waals surface area contributed by atoms with Crippen LogP contribution in [0.3, 0.4) is 0 Å². The smallest absolute Gasteiger partial charge is 0.224 e. The Kier molecular flexibility index (Phi) is 4.85. The van der Waals surface area contributed by atoms with Crippen LogP contribution in [0.5, 0.6) is 0 Å². The molecule has 0 bridgehead atoms. The predicted octanol–water partition coefficient (Wildman–Crippen LogP) is 2.80. The van der Waals surface area contributed by atoms with Crippen LogP contribution in [0.2, 0.25) is 0 Å². The van der Waals surface area contributed by atoms with E-state index in [0.717, 1.165) is 36.6 Å². The van der Waals surface area contributed by atoms with Crippen molar-refractivity contribution in [2.24, 2.45) is 5.92 Å². The summed E-state index contributed by atoms with van der Waals surface area (Å²) in [6.45, 7) is 2.17. The average Bonchev–Trinajstić information content (AvgIpc) is 3.09.